The van der Waals surface area contributed by atoms with Crippen LogP contribution in [0.3, 0.4) is 0 Å². The number of ketones is 3. The maximum absolute atomic E-state index is 14.0. The Morgan fingerprint density at radius 3 is 2.28 bits per heavy atom. The third-order valence-electron chi connectivity index (χ3n) is 7.86. The summed E-state index contributed by atoms with van der Waals surface area (Å²) in [6.07, 6.45) is 3.06. The largest absolute Gasteiger partial charge is 0.510 e. The molecule has 0 radical (unpaired) electrons. The first-order valence-corrected chi connectivity index (χ1v) is 10.6. The molecule has 0 aliphatic heterocycles. The van der Waals surface area contributed by atoms with Crippen molar-refractivity contribution in [1.29, 1.82) is 0 Å². The Labute approximate surface area is 174 Å². The van der Waals surface area contributed by atoms with E-state index < -0.39 is 22.5 Å². The van der Waals surface area contributed by atoms with E-state index >= 15 is 0 Å². The summed E-state index contributed by atoms with van der Waals surface area (Å²) in [5.74, 6) is -1.91. The number of fused-ring (bicyclic) bond motifs is 1. The standard InChI is InChI=1S/C25H34O4/c1-13(2)9-10-24-12-17-23(7,8)16(14(3)4)11-25(17,22(24)29)21(28)18(20(24)27)19(26)15(5)6/h9,15-17,27H,3,10-12H2,1-2,4-8H3/t16-,17?,24?,25?/m0/s1. The Morgan fingerprint density at radius 1 is 1.21 bits per heavy atom. The molecule has 1 N–H and O–H groups in total. The zero-order valence-corrected chi connectivity index (χ0v) is 18.8. The third-order valence-corrected chi connectivity index (χ3v) is 7.86. The second-order valence-electron chi connectivity index (χ2n) is 10.6. The molecule has 3 aliphatic carbocycles. The number of Topliss-reactive ketones (excluding diaryl/α,β-unsaturated/α-hetero) is 3. The van der Waals surface area contributed by atoms with Crippen molar-refractivity contribution in [2.24, 2.45) is 34.0 Å². The fraction of sp³-hybridized carbons (Fsp3) is 0.640. The zero-order valence-electron chi connectivity index (χ0n) is 18.8. The molecule has 3 unspecified atom stereocenters. The van der Waals surface area contributed by atoms with Gasteiger partial charge in [-0.25, -0.2) is 0 Å². The number of allylic oxidation sites excluding steroid dienone is 5. The summed E-state index contributed by atoms with van der Waals surface area (Å²) in [7, 11) is 0. The molecular formula is C25H34O4. The second kappa shape index (κ2) is 6.52. The molecule has 2 fully saturated rings. The third kappa shape index (κ3) is 2.60. The van der Waals surface area contributed by atoms with Crippen molar-refractivity contribution in [1.82, 2.24) is 0 Å². The van der Waals surface area contributed by atoms with Crippen molar-refractivity contribution in [3.05, 3.63) is 35.1 Å². The second-order valence-corrected chi connectivity index (χ2v) is 10.6. The van der Waals surface area contributed by atoms with E-state index in [9.17, 15) is 19.5 Å². The van der Waals surface area contributed by atoms with Crippen LogP contribution in [0.5, 0.6) is 0 Å². The van der Waals surface area contributed by atoms with Gasteiger partial charge in [-0.2, -0.15) is 0 Å². The highest BCUT2D eigenvalue weighted by Gasteiger charge is 2.77. The van der Waals surface area contributed by atoms with Gasteiger partial charge in [-0.3, -0.25) is 14.4 Å². The lowest BCUT2D eigenvalue weighted by atomic mass is 9.62. The van der Waals surface area contributed by atoms with Crippen LogP contribution in [0.2, 0.25) is 0 Å². The summed E-state index contributed by atoms with van der Waals surface area (Å²) in [6.45, 7) is 17.6. The lowest BCUT2D eigenvalue weighted by molar-refractivity contribution is -0.144. The lowest BCUT2D eigenvalue weighted by Gasteiger charge is -2.37. The number of aliphatic hydroxyl groups excluding tert-OH is 1. The highest BCUT2D eigenvalue weighted by Crippen LogP contribution is 2.72. The molecular weight excluding hydrogens is 364 g/mol. The van der Waals surface area contributed by atoms with Gasteiger partial charge < -0.3 is 5.11 Å². The normalized spacial score (nSPS) is 35.2. The van der Waals surface area contributed by atoms with Crippen LogP contribution in [0.25, 0.3) is 0 Å². The summed E-state index contributed by atoms with van der Waals surface area (Å²) < 4.78 is 0. The number of hydrogen-bond acceptors (Lipinski definition) is 4. The van der Waals surface area contributed by atoms with Crippen LogP contribution in [-0.2, 0) is 14.4 Å². The van der Waals surface area contributed by atoms with E-state index in [4.69, 9.17) is 0 Å². The van der Waals surface area contributed by atoms with Gasteiger partial charge in [0.2, 0.25) is 0 Å². The van der Waals surface area contributed by atoms with E-state index in [2.05, 4.69) is 20.4 Å². The number of carbonyl (C=O) groups excluding carboxylic acids is 3. The van der Waals surface area contributed by atoms with Crippen LogP contribution in [-0.4, -0.2) is 22.5 Å². The minimum absolute atomic E-state index is 0.0255. The minimum Gasteiger partial charge on any atom is -0.510 e. The summed E-state index contributed by atoms with van der Waals surface area (Å²) in [5.41, 5.74) is -0.839. The molecule has 3 aliphatic rings. The Hall–Kier alpha value is -1.97. The molecule has 2 saturated carbocycles. The van der Waals surface area contributed by atoms with Crippen LogP contribution in [0, 0.1) is 34.0 Å². The summed E-state index contributed by atoms with van der Waals surface area (Å²) >= 11 is 0. The van der Waals surface area contributed by atoms with Gasteiger partial charge in [0.1, 0.15) is 11.3 Å². The first kappa shape index (κ1) is 21.7. The monoisotopic (exact) mass is 398 g/mol. The molecule has 0 aromatic carbocycles. The number of rotatable bonds is 5. The molecule has 0 aromatic rings. The van der Waals surface area contributed by atoms with Gasteiger partial charge >= 0.3 is 0 Å². The average Bonchev–Trinajstić information content (AvgIpc) is 2.97. The van der Waals surface area contributed by atoms with Crippen LogP contribution in [0.15, 0.2) is 35.1 Å². The van der Waals surface area contributed by atoms with Gasteiger partial charge in [-0.1, -0.05) is 51.5 Å². The number of hydrogen-bond donors (Lipinski definition) is 1. The van der Waals surface area contributed by atoms with Crippen LogP contribution in [0.1, 0.15) is 67.7 Å². The quantitative estimate of drug-likeness (QED) is 0.395. The van der Waals surface area contributed by atoms with Crippen LogP contribution >= 0.6 is 0 Å². The molecule has 29 heavy (non-hydrogen) atoms. The molecule has 2 bridgehead atoms. The summed E-state index contributed by atoms with van der Waals surface area (Å²) in [5, 5.41) is 11.2. The first-order valence-electron chi connectivity index (χ1n) is 10.6. The van der Waals surface area contributed by atoms with Crippen molar-refractivity contribution in [3.8, 4) is 0 Å². The van der Waals surface area contributed by atoms with E-state index in [1.807, 2.05) is 26.8 Å². The first-order chi connectivity index (χ1) is 13.2. The molecule has 4 heteroatoms. The number of carbonyl (C=O) groups is 3. The van der Waals surface area contributed by atoms with Gasteiger partial charge in [0, 0.05) is 5.92 Å². The van der Waals surface area contributed by atoms with Gasteiger partial charge in [0.15, 0.2) is 17.3 Å². The molecule has 3 rings (SSSR count). The fourth-order valence-electron chi connectivity index (χ4n) is 6.27. The Morgan fingerprint density at radius 2 is 1.79 bits per heavy atom. The average molecular weight is 399 g/mol. The zero-order chi connectivity index (χ0) is 22.1. The van der Waals surface area contributed by atoms with E-state index in [1.165, 1.54) is 0 Å². The van der Waals surface area contributed by atoms with Crippen molar-refractivity contribution in [3.63, 3.8) is 0 Å². The van der Waals surface area contributed by atoms with Gasteiger partial charge in [0.25, 0.3) is 0 Å². The smallest absolute Gasteiger partial charge is 0.183 e. The molecule has 0 aromatic heterocycles. The lowest BCUT2D eigenvalue weighted by Crippen LogP contribution is -2.50. The highest BCUT2D eigenvalue weighted by molar-refractivity contribution is 6.32. The van der Waals surface area contributed by atoms with Gasteiger partial charge in [-0.05, 0) is 57.3 Å². The summed E-state index contributed by atoms with van der Waals surface area (Å²) in [6, 6.07) is 0. The molecule has 0 heterocycles. The fourth-order valence-corrected chi connectivity index (χ4v) is 6.27. The van der Waals surface area contributed by atoms with Gasteiger partial charge in [0.05, 0.1) is 10.8 Å². The van der Waals surface area contributed by atoms with E-state index in [0.717, 1.165) is 11.1 Å². The van der Waals surface area contributed by atoms with Crippen molar-refractivity contribution < 1.29 is 19.5 Å². The molecule has 4 nitrogen and oxygen atoms in total. The topological polar surface area (TPSA) is 71.4 Å². The van der Waals surface area contributed by atoms with Crippen molar-refractivity contribution in [2.45, 2.75) is 67.7 Å². The Bertz CT molecular complexity index is 880. The van der Waals surface area contributed by atoms with Crippen LogP contribution in [0.4, 0.5) is 0 Å². The minimum atomic E-state index is -1.23. The molecule has 158 valence electrons. The molecule has 1 spiro atoms. The summed E-state index contributed by atoms with van der Waals surface area (Å²) in [4.78, 5) is 40.7. The highest BCUT2D eigenvalue weighted by atomic mass is 16.3. The SMILES string of the molecule is C=C(C)[C@@H]1CC23C(=O)C(C(=O)C(C)C)=C(O)C(CC=C(C)C)(CC2C1(C)C)C3=O. The maximum Gasteiger partial charge on any atom is 0.183 e. The van der Waals surface area contributed by atoms with Gasteiger partial charge in [-0.15, -0.1) is 0 Å². The van der Waals surface area contributed by atoms with Crippen molar-refractivity contribution >= 4 is 17.3 Å². The Kier molecular flexibility index (Phi) is 4.88. The molecule has 4 atom stereocenters. The van der Waals surface area contributed by atoms with E-state index in [1.54, 1.807) is 13.8 Å². The van der Waals surface area contributed by atoms with Crippen molar-refractivity contribution in [2.75, 3.05) is 0 Å². The number of aliphatic hydroxyl groups is 1. The van der Waals surface area contributed by atoms with E-state index in [-0.39, 0.29) is 40.1 Å². The molecule has 0 saturated heterocycles. The van der Waals surface area contributed by atoms with Crippen LogP contribution < -0.4 is 0 Å². The predicted octanol–water partition coefficient (Wildman–Crippen LogP) is 5.15. The van der Waals surface area contributed by atoms with E-state index in [0.29, 0.717) is 19.3 Å². The molecule has 0 amide bonds. The Balaban J connectivity index is 2.30. The predicted molar refractivity (Wildman–Crippen MR) is 113 cm³/mol. The maximum atomic E-state index is 14.0.